The van der Waals surface area contributed by atoms with Crippen LogP contribution in [0, 0.1) is 0 Å². The number of nitrogens with zero attached hydrogens (tertiary/aromatic N) is 1. The highest BCUT2D eigenvalue weighted by Gasteiger charge is 2.18. The largest absolute Gasteiger partial charge is 0.328 e. The molecule has 1 saturated heterocycles. The van der Waals surface area contributed by atoms with Crippen LogP contribution in [-0.4, -0.2) is 30.1 Å². The lowest BCUT2D eigenvalue weighted by Gasteiger charge is -2.28. The monoisotopic (exact) mass is 184 g/mol. The molecule has 1 rings (SSSR count). The quantitative estimate of drug-likeness (QED) is 0.727. The molecule has 1 unspecified atom stereocenters. The van der Waals surface area contributed by atoms with Gasteiger partial charge in [0.2, 0.25) is 0 Å². The zero-order chi connectivity index (χ0) is 9.68. The molecule has 0 aromatic carbocycles. The Kier molecular flexibility index (Phi) is 4.74. The third-order valence-corrected chi connectivity index (χ3v) is 3.27. The summed E-state index contributed by atoms with van der Waals surface area (Å²) in [4.78, 5) is 2.63. The Hall–Kier alpha value is -0.0800. The van der Waals surface area contributed by atoms with Crippen LogP contribution in [0.1, 0.15) is 46.0 Å². The summed E-state index contributed by atoms with van der Waals surface area (Å²) >= 11 is 0. The Balaban J connectivity index is 2.40. The fraction of sp³-hybridized carbons (Fsp3) is 1.00. The van der Waals surface area contributed by atoms with Crippen LogP contribution >= 0.6 is 0 Å². The topological polar surface area (TPSA) is 29.3 Å². The molecule has 1 heterocycles. The van der Waals surface area contributed by atoms with E-state index in [1.807, 2.05) is 0 Å². The van der Waals surface area contributed by atoms with Gasteiger partial charge in [0, 0.05) is 12.1 Å². The van der Waals surface area contributed by atoms with Crippen LogP contribution in [0.15, 0.2) is 0 Å². The van der Waals surface area contributed by atoms with Crippen LogP contribution in [-0.2, 0) is 0 Å². The van der Waals surface area contributed by atoms with Crippen LogP contribution < -0.4 is 5.73 Å². The molecule has 0 saturated carbocycles. The van der Waals surface area contributed by atoms with Gasteiger partial charge >= 0.3 is 0 Å². The first kappa shape index (κ1) is 11.0. The van der Waals surface area contributed by atoms with E-state index < -0.39 is 0 Å². The van der Waals surface area contributed by atoms with Crippen molar-refractivity contribution in [1.29, 1.82) is 0 Å². The van der Waals surface area contributed by atoms with Crippen molar-refractivity contribution in [3.05, 3.63) is 0 Å². The molecular formula is C11H24N2. The summed E-state index contributed by atoms with van der Waals surface area (Å²) in [5.74, 6) is 0. The van der Waals surface area contributed by atoms with Crippen molar-refractivity contribution in [3.63, 3.8) is 0 Å². The van der Waals surface area contributed by atoms with Gasteiger partial charge < -0.3 is 10.6 Å². The van der Waals surface area contributed by atoms with Crippen LogP contribution in [0.3, 0.4) is 0 Å². The van der Waals surface area contributed by atoms with E-state index >= 15 is 0 Å². The highest BCUT2D eigenvalue weighted by Crippen LogP contribution is 2.15. The standard InChI is InChI=1S/C11H24N2/c1-3-11(4-2)13-8-5-6-10(12)7-9-13/h10-11H,3-9,12H2,1-2H3. The molecule has 1 aliphatic rings. The van der Waals surface area contributed by atoms with E-state index in [1.165, 1.54) is 45.2 Å². The fourth-order valence-corrected chi connectivity index (χ4v) is 2.31. The number of hydrogen-bond acceptors (Lipinski definition) is 2. The Morgan fingerprint density at radius 2 is 1.92 bits per heavy atom. The van der Waals surface area contributed by atoms with E-state index in [4.69, 9.17) is 5.73 Å². The molecule has 1 aliphatic heterocycles. The smallest absolute Gasteiger partial charge is 0.00900 e. The number of likely N-dealkylation sites (tertiary alicyclic amines) is 1. The molecule has 0 amide bonds. The first-order valence-electron chi connectivity index (χ1n) is 5.77. The van der Waals surface area contributed by atoms with E-state index in [9.17, 15) is 0 Å². The lowest BCUT2D eigenvalue weighted by atomic mass is 10.1. The van der Waals surface area contributed by atoms with Crippen molar-refractivity contribution in [2.24, 2.45) is 5.73 Å². The summed E-state index contributed by atoms with van der Waals surface area (Å²) < 4.78 is 0. The molecule has 1 atom stereocenters. The predicted octanol–water partition coefficient (Wildman–Crippen LogP) is 1.99. The van der Waals surface area contributed by atoms with E-state index in [0.29, 0.717) is 6.04 Å². The second-order valence-corrected chi connectivity index (χ2v) is 4.20. The van der Waals surface area contributed by atoms with E-state index in [2.05, 4.69) is 18.7 Å². The van der Waals surface area contributed by atoms with Crippen LogP contribution in [0.2, 0.25) is 0 Å². The van der Waals surface area contributed by atoms with Gasteiger partial charge in [0.05, 0.1) is 0 Å². The first-order chi connectivity index (χ1) is 6.27. The second kappa shape index (κ2) is 5.61. The Morgan fingerprint density at radius 3 is 2.54 bits per heavy atom. The van der Waals surface area contributed by atoms with E-state index in [-0.39, 0.29) is 0 Å². The maximum atomic E-state index is 5.95. The minimum atomic E-state index is 0.458. The lowest BCUT2D eigenvalue weighted by molar-refractivity contribution is 0.192. The molecule has 0 spiro atoms. The van der Waals surface area contributed by atoms with Crippen molar-refractivity contribution < 1.29 is 0 Å². The van der Waals surface area contributed by atoms with Crippen molar-refractivity contribution in [2.75, 3.05) is 13.1 Å². The molecule has 2 nitrogen and oxygen atoms in total. The molecule has 0 radical (unpaired) electrons. The molecule has 0 aromatic heterocycles. The lowest BCUT2D eigenvalue weighted by Crippen LogP contribution is -2.35. The summed E-state index contributed by atoms with van der Waals surface area (Å²) in [6.45, 7) is 7.06. The maximum absolute atomic E-state index is 5.95. The van der Waals surface area contributed by atoms with Crippen LogP contribution in [0.4, 0.5) is 0 Å². The van der Waals surface area contributed by atoms with Gasteiger partial charge in [-0.2, -0.15) is 0 Å². The van der Waals surface area contributed by atoms with E-state index in [1.54, 1.807) is 0 Å². The van der Waals surface area contributed by atoms with Gasteiger partial charge in [0.25, 0.3) is 0 Å². The summed E-state index contributed by atoms with van der Waals surface area (Å²) in [7, 11) is 0. The van der Waals surface area contributed by atoms with Gasteiger partial charge in [0.1, 0.15) is 0 Å². The molecule has 78 valence electrons. The second-order valence-electron chi connectivity index (χ2n) is 4.20. The van der Waals surface area contributed by atoms with Crippen LogP contribution in [0.5, 0.6) is 0 Å². The van der Waals surface area contributed by atoms with Gasteiger partial charge in [-0.05, 0) is 45.2 Å². The van der Waals surface area contributed by atoms with Crippen molar-refractivity contribution >= 4 is 0 Å². The molecule has 13 heavy (non-hydrogen) atoms. The van der Waals surface area contributed by atoms with Gasteiger partial charge in [-0.25, -0.2) is 0 Å². The molecule has 2 N–H and O–H groups in total. The van der Waals surface area contributed by atoms with Gasteiger partial charge in [-0.15, -0.1) is 0 Å². The average molecular weight is 184 g/mol. The summed E-state index contributed by atoms with van der Waals surface area (Å²) in [6.07, 6.45) is 6.27. The van der Waals surface area contributed by atoms with Crippen molar-refractivity contribution in [3.8, 4) is 0 Å². The van der Waals surface area contributed by atoms with E-state index in [0.717, 1.165) is 6.04 Å². The fourth-order valence-electron chi connectivity index (χ4n) is 2.31. The average Bonchev–Trinajstić information content (AvgIpc) is 2.34. The minimum Gasteiger partial charge on any atom is -0.328 e. The Labute approximate surface area is 82.5 Å². The highest BCUT2D eigenvalue weighted by molar-refractivity contribution is 4.76. The van der Waals surface area contributed by atoms with Crippen molar-refractivity contribution in [1.82, 2.24) is 4.90 Å². The van der Waals surface area contributed by atoms with Gasteiger partial charge in [0.15, 0.2) is 0 Å². The Bertz CT molecular complexity index is 132. The normalized spacial score (nSPS) is 26.3. The number of hydrogen-bond donors (Lipinski definition) is 1. The molecular weight excluding hydrogens is 160 g/mol. The van der Waals surface area contributed by atoms with Gasteiger partial charge in [-0.1, -0.05) is 13.8 Å². The molecule has 1 fully saturated rings. The predicted molar refractivity (Wildman–Crippen MR) is 57.8 cm³/mol. The molecule has 2 heteroatoms. The Morgan fingerprint density at radius 1 is 1.23 bits per heavy atom. The number of nitrogens with two attached hydrogens (primary N) is 1. The summed E-state index contributed by atoms with van der Waals surface area (Å²) in [5.41, 5.74) is 5.95. The van der Waals surface area contributed by atoms with Crippen LogP contribution in [0.25, 0.3) is 0 Å². The molecule has 0 aliphatic carbocycles. The highest BCUT2D eigenvalue weighted by atomic mass is 15.2. The first-order valence-corrected chi connectivity index (χ1v) is 5.77. The maximum Gasteiger partial charge on any atom is 0.00900 e. The van der Waals surface area contributed by atoms with Gasteiger partial charge in [-0.3, -0.25) is 0 Å². The SMILES string of the molecule is CCC(CC)N1CCCC(N)CC1. The molecule has 0 bridgehead atoms. The third kappa shape index (κ3) is 3.28. The summed E-state index contributed by atoms with van der Waals surface area (Å²) in [6, 6.07) is 1.25. The number of rotatable bonds is 3. The zero-order valence-electron chi connectivity index (χ0n) is 9.13. The van der Waals surface area contributed by atoms with Crippen molar-refractivity contribution in [2.45, 2.75) is 58.0 Å². The zero-order valence-corrected chi connectivity index (χ0v) is 9.13. The third-order valence-electron chi connectivity index (χ3n) is 3.27. The summed E-state index contributed by atoms with van der Waals surface area (Å²) in [5, 5.41) is 0. The minimum absolute atomic E-state index is 0.458. The molecule has 0 aromatic rings.